The molecule has 0 fully saturated rings. The van der Waals surface area contributed by atoms with Crippen molar-refractivity contribution in [2.75, 3.05) is 40.3 Å². The third kappa shape index (κ3) is 3.62. The van der Waals surface area contributed by atoms with E-state index in [1.165, 1.54) is 16.5 Å². The van der Waals surface area contributed by atoms with Crippen molar-refractivity contribution >= 4 is 22.4 Å². The quantitative estimate of drug-likeness (QED) is 0.918. The van der Waals surface area contributed by atoms with E-state index in [2.05, 4.69) is 34.3 Å². The van der Waals surface area contributed by atoms with Crippen molar-refractivity contribution in [2.24, 2.45) is 0 Å². The molecule has 0 saturated heterocycles. The molecule has 0 spiro atoms. The highest BCUT2D eigenvalue weighted by atomic mass is 16.5. The van der Waals surface area contributed by atoms with Gasteiger partial charge >= 0.3 is 0 Å². The van der Waals surface area contributed by atoms with E-state index in [4.69, 9.17) is 4.74 Å². The predicted molar refractivity (Wildman–Crippen MR) is 97.2 cm³/mol. The molecule has 0 atom stereocenters. The van der Waals surface area contributed by atoms with Crippen molar-refractivity contribution in [3.05, 3.63) is 36.0 Å². The summed E-state index contributed by atoms with van der Waals surface area (Å²) in [5.74, 6) is 1.03. The van der Waals surface area contributed by atoms with Crippen LogP contribution in [0.4, 0.5) is 0 Å². The van der Waals surface area contributed by atoms with Crippen LogP contribution in [0.5, 0.6) is 5.75 Å². The number of amides is 1. The fourth-order valence-corrected chi connectivity index (χ4v) is 3.01. The maximum Gasteiger partial charge on any atom is 0.219 e. The number of aromatic amines is 1. The summed E-state index contributed by atoms with van der Waals surface area (Å²) in [6.45, 7) is 4.69. The van der Waals surface area contributed by atoms with Crippen LogP contribution in [0.25, 0.3) is 16.5 Å². The summed E-state index contributed by atoms with van der Waals surface area (Å²) < 4.78 is 5.80. The highest BCUT2D eigenvalue weighted by Crippen LogP contribution is 2.31. The van der Waals surface area contributed by atoms with E-state index in [-0.39, 0.29) is 5.91 Å². The topological polar surface area (TPSA) is 48.6 Å². The Labute approximate surface area is 142 Å². The molecule has 1 aliphatic heterocycles. The lowest BCUT2D eigenvalue weighted by molar-refractivity contribution is -0.128. The zero-order chi connectivity index (χ0) is 17.1. The van der Waals surface area contributed by atoms with Crippen LogP contribution in [0.1, 0.15) is 18.9 Å². The van der Waals surface area contributed by atoms with Gasteiger partial charge in [0.25, 0.3) is 0 Å². The van der Waals surface area contributed by atoms with E-state index < -0.39 is 0 Å². The largest absolute Gasteiger partial charge is 0.492 e. The number of nitrogens with one attached hydrogen (secondary N) is 1. The Morgan fingerprint density at radius 3 is 2.88 bits per heavy atom. The maximum absolute atomic E-state index is 11.4. The minimum atomic E-state index is 0.142. The molecule has 1 aromatic heterocycles. The normalized spacial score (nSPS) is 15.0. The van der Waals surface area contributed by atoms with Crippen LogP contribution in [0.15, 0.2) is 30.5 Å². The molecule has 1 amide bonds. The van der Waals surface area contributed by atoms with Gasteiger partial charge in [0.15, 0.2) is 0 Å². The summed E-state index contributed by atoms with van der Waals surface area (Å²) in [7, 11) is 4.07. The predicted octanol–water partition coefficient (Wildman–Crippen LogP) is 2.74. The minimum absolute atomic E-state index is 0.142. The van der Waals surface area contributed by atoms with Gasteiger partial charge in [-0.3, -0.25) is 4.79 Å². The number of aromatic nitrogens is 1. The average Bonchev–Trinajstić information content (AvgIpc) is 2.98. The number of carbonyl (C=O) groups is 1. The molecule has 1 N–H and O–H groups in total. The maximum atomic E-state index is 11.4. The second-order valence-electron chi connectivity index (χ2n) is 6.51. The minimum Gasteiger partial charge on any atom is -0.492 e. The summed E-state index contributed by atoms with van der Waals surface area (Å²) in [6.07, 6.45) is 5.12. The van der Waals surface area contributed by atoms with Gasteiger partial charge in [-0.2, -0.15) is 0 Å². The third-order valence-electron chi connectivity index (χ3n) is 4.46. The smallest absolute Gasteiger partial charge is 0.219 e. The van der Waals surface area contributed by atoms with Gasteiger partial charge in [-0.25, -0.2) is 0 Å². The second kappa shape index (κ2) is 7.09. The van der Waals surface area contributed by atoms with E-state index in [1.807, 2.05) is 25.1 Å². The van der Waals surface area contributed by atoms with E-state index in [0.29, 0.717) is 13.2 Å². The molecule has 2 aromatic rings. The van der Waals surface area contributed by atoms with Gasteiger partial charge < -0.3 is 19.5 Å². The van der Waals surface area contributed by atoms with Crippen molar-refractivity contribution in [3.8, 4) is 5.75 Å². The molecular formula is C19H25N3O2. The zero-order valence-electron chi connectivity index (χ0n) is 14.6. The fourth-order valence-electron chi connectivity index (χ4n) is 3.01. The Bertz CT molecular complexity index is 761. The highest BCUT2D eigenvalue weighted by molar-refractivity contribution is 5.93. The van der Waals surface area contributed by atoms with Crippen molar-refractivity contribution in [1.82, 2.24) is 14.8 Å². The van der Waals surface area contributed by atoms with Gasteiger partial charge in [0.1, 0.15) is 12.4 Å². The van der Waals surface area contributed by atoms with Crippen LogP contribution in [0, 0.1) is 0 Å². The monoisotopic (exact) mass is 327 g/mol. The molecule has 0 aliphatic carbocycles. The summed E-state index contributed by atoms with van der Waals surface area (Å²) in [5.41, 5.74) is 3.62. The number of ether oxygens (including phenoxy) is 1. The van der Waals surface area contributed by atoms with E-state index in [9.17, 15) is 4.79 Å². The molecule has 0 unspecified atom stereocenters. The molecular weight excluding hydrogens is 302 g/mol. The Kier molecular flexibility index (Phi) is 4.90. The zero-order valence-corrected chi connectivity index (χ0v) is 14.6. The summed E-state index contributed by atoms with van der Waals surface area (Å²) in [5, 5.41) is 1.21. The number of H-pyrrole nitrogens is 1. The molecule has 3 rings (SSSR count). The van der Waals surface area contributed by atoms with Gasteiger partial charge in [0.2, 0.25) is 5.91 Å². The Morgan fingerprint density at radius 1 is 1.38 bits per heavy atom. The van der Waals surface area contributed by atoms with Crippen LogP contribution in [-0.2, 0) is 4.79 Å². The lowest BCUT2D eigenvalue weighted by Gasteiger charge is -2.25. The Balaban J connectivity index is 1.75. The molecule has 0 bridgehead atoms. The van der Waals surface area contributed by atoms with Crippen molar-refractivity contribution in [2.45, 2.75) is 13.3 Å². The summed E-state index contributed by atoms with van der Waals surface area (Å²) in [6, 6.07) is 6.20. The number of nitrogens with zero attached hydrogens (tertiary/aromatic N) is 2. The molecule has 1 aliphatic rings. The van der Waals surface area contributed by atoms with Crippen LogP contribution in [0.3, 0.4) is 0 Å². The Morgan fingerprint density at radius 2 is 2.21 bits per heavy atom. The van der Waals surface area contributed by atoms with E-state index in [0.717, 1.165) is 30.8 Å². The Hall–Kier alpha value is -2.27. The van der Waals surface area contributed by atoms with Gasteiger partial charge in [-0.05, 0) is 38.2 Å². The number of benzene rings is 1. The first kappa shape index (κ1) is 16.6. The first-order valence-corrected chi connectivity index (χ1v) is 8.38. The number of carbonyl (C=O) groups excluding carboxylic acids is 1. The van der Waals surface area contributed by atoms with Gasteiger partial charge in [0.05, 0.1) is 0 Å². The standard InChI is InChI=1S/C19H25N3O2/c1-14(23)22-8-6-15(7-9-22)18-13-20-19-12-16(4-5-17(18)19)24-11-10-21(2)3/h4-6,12-13,20H,7-11H2,1-3H3. The first-order chi connectivity index (χ1) is 11.5. The van der Waals surface area contributed by atoms with E-state index >= 15 is 0 Å². The van der Waals surface area contributed by atoms with E-state index in [1.54, 1.807) is 6.92 Å². The molecule has 128 valence electrons. The number of hydrogen-bond acceptors (Lipinski definition) is 3. The first-order valence-electron chi connectivity index (χ1n) is 8.38. The molecule has 0 saturated carbocycles. The van der Waals surface area contributed by atoms with Crippen molar-refractivity contribution in [3.63, 3.8) is 0 Å². The summed E-state index contributed by atoms with van der Waals surface area (Å²) in [4.78, 5) is 18.8. The molecule has 5 heteroatoms. The average molecular weight is 327 g/mol. The number of rotatable bonds is 5. The fraction of sp³-hybridized carbons (Fsp3) is 0.421. The highest BCUT2D eigenvalue weighted by Gasteiger charge is 2.17. The van der Waals surface area contributed by atoms with Crippen molar-refractivity contribution < 1.29 is 9.53 Å². The van der Waals surface area contributed by atoms with Gasteiger partial charge in [-0.15, -0.1) is 0 Å². The van der Waals surface area contributed by atoms with Crippen LogP contribution < -0.4 is 4.74 Å². The van der Waals surface area contributed by atoms with Crippen LogP contribution in [-0.4, -0.2) is 61.0 Å². The lowest BCUT2D eigenvalue weighted by Crippen LogP contribution is -2.32. The van der Waals surface area contributed by atoms with Gasteiger partial charge in [-0.1, -0.05) is 6.08 Å². The van der Waals surface area contributed by atoms with Crippen molar-refractivity contribution in [1.29, 1.82) is 0 Å². The van der Waals surface area contributed by atoms with Crippen LogP contribution >= 0.6 is 0 Å². The molecule has 1 aromatic carbocycles. The molecule has 5 nitrogen and oxygen atoms in total. The molecule has 2 heterocycles. The van der Waals surface area contributed by atoms with Crippen LogP contribution in [0.2, 0.25) is 0 Å². The number of likely N-dealkylation sites (N-methyl/N-ethyl adjacent to an activating group) is 1. The number of hydrogen-bond donors (Lipinski definition) is 1. The SMILES string of the molecule is CC(=O)N1CC=C(c2c[nH]c3cc(OCCN(C)C)ccc23)CC1. The number of fused-ring (bicyclic) bond motifs is 1. The molecule has 24 heavy (non-hydrogen) atoms. The lowest BCUT2D eigenvalue weighted by atomic mass is 9.99. The summed E-state index contributed by atoms with van der Waals surface area (Å²) >= 11 is 0. The van der Waals surface area contributed by atoms with Gasteiger partial charge in [0, 0.05) is 55.3 Å². The molecule has 0 radical (unpaired) electrons. The third-order valence-corrected chi connectivity index (χ3v) is 4.46. The second-order valence-corrected chi connectivity index (χ2v) is 6.51.